The van der Waals surface area contributed by atoms with Gasteiger partial charge in [-0.05, 0) is 30.5 Å². The van der Waals surface area contributed by atoms with Crippen LogP contribution in [0, 0.1) is 11.8 Å². The van der Waals surface area contributed by atoms with Gasteiger partial charge in [0.25, 0.3) is 0 Å². The molecule has 1 aromatic rings. The number of aldehydes is 1. The van der Waals surface area contributed by atoms with E-state index < -0.39 is 0 Å². The number of benzene rings is 1. The molecular formula is C14H16O. The molecule has 0 aliphatic heterocycles. The highest BCUT2D eigenvalue weighted by Gasteiger charge is 1.91. The molecule has 0 heterocycles. The Morgan fingerprint density at radius 1 is 1.27 bits per heavy atom. The maximum absolute atomic E-state index is 10.1. The zero-order valence-corrected chi connectivity index (χ0v) is 9.12. The first-order valence-electron chi connectivity index (χ1n) is 5.38. The first-order chi connectivity index (χ1) is 7.36. The van der Waals surface area contributed by atoms with Crippen molar-refractivity contribution in [1.82, 2.24) is 0 Å². The largest absolute Gasteiger partial charge is 0.302 e. The van der Waals surface area contributed by atoms with E-state index in [9.17, 15) is 4.79 Å². The summed E-state index contributed by atoms with van der Waals surface area (Å²) in [5, 5.41) is 0. The lowest BCUT2D eigenvalue weighted by molar-refractivity contribution is -0.107. The third-order valence-corrected chi connectivity index (χ3v) is 2.19. The Kier molecular flexibility index (Phi) is 5.25. The fraction of sp³-hybridized carbons (Fsp3) is 0.357. The molecule has 0 radical (unpaired) electrons. The van der Waals surface area contributed by atoms with Crippen LogP contribution in [0.2, 0.25) is 0 Å². The SMILES string of the molecule is CCCCc1ccc(C#CCC=O)cc1. The van der Waals surface area contributed by atoms with Gasteiger partial charge in [-0.15, -0.1) is 0 Å². The van der Waals surface area contributed by atoms with Crippen LogP contribution in [0.25, 0.3) is 0 Å². The Morgan fingerprint density at radius 2 is 2.00 bits per heavy atom. The molecule has 0 saturated heterocycles. The summed E-state index contributed by atoms with van der Waals surface area (Å²) >= 11 is 0. The van der Waals surface area contributed by atoms with Crippen molar-refractivity contribution in [2.45, 2.75) is 32.6 Å². The molecule has 0 amide bonds. The maximum Gasteiger partial charge on any atom is 0.131 e. The summed E-state index contributed by atoms with van der Waals surface area (Å²) in [6.45, 7) is 2.19. The summed E-state index contributed by atoms with van der Waals surface area (Å²) in [5.74, 6) is 5.74. The third kappa shape index (κ3) is 4.46. The molecule has 78 valence electrons. The molecule has 0 unspecified atom stereocenters. The minimum Gasteiger partial charge on any atom is -0.302 e. The number of rotatable bonds is 4. The number of carbonyl (C=O) groups is 1. The van der Waals surface area contributed by atoms with Crippen molar-refractivity contribution in [2.75, 3.05) is 0 Å². The van der Waals surface area contributed by atoms with E-state index in [-0.39, 0.29) is 0 Å². The summed E-state index contributed by atoms with van der Waals surface area (Å²) in [4.78, 5) is 10.1. The van der Waals surface area contributed by atoms with Gasteiger partial charge in [0, 0.05) is 5.56 Å². The van der Waals surface area contributed by atoms with Crippen LogP contribution in [0.4, 0.5) is 0 Å². The molecule has 1 nitrogen and oxygen atoms in total. The summed E-state index contributed by atoms with van der Waals surface area (Å²) in [6.07, 6.45) is 4.73. The van der Waals surface area contributed by atoms with Gasteiger partial charge in [-0.25, -0.2) is 0 Å². The van der Waals surface area contributed by atoms with E-state index in [1.54, 1.807) is 0 Å². The van der Waals surface area contributed by atoms with Gasteiger partial charge in [-0.3, -0.25) is 0 Å². The maximum atomic E-state index is 10.1. The lowest BCUT2D eigenvalue weighted by atomic mass is 10.1. The number of carbonyl (C=O) groups excluding carboxylic acids is 1. The highest BCUT2D eigenvalue weighted by Crippen LogP contribution is 2.06. The Balaban J connectivity index is 2.57. The Hall–Kier alpha value is -1.55. The zero-order valence-electron chi connectivity index (χ0n) is 9.12. The highest BCUT2D eigenvalue weighted by molar-refractivity contribution is 5.54. The van der Waals surface area contributed by atoms with E-state index >= 15 is 0 Å². The van der Waals surface area contributed by atoms with Gasteiger partial charge in [0.15, 0.2) is 0 Å². The molecule has 1 rings (SSSR count). The predicted molar refractivity (Wildman–Crippen MR) is 62.6 cm³/mol. The fourth-order valence-electron chi connectivity index (χ4n) is 1.33. The van der Waals surface area contributed by atoms with E-state index in [1.807, 2.05) is 12.1 Å². The number of hydrogen-bond acceptors (Lipinski definition) is 1. The van der Waals surface area contributed by atoms with E-state index in [4.69, 9.17) is 0 Å². The first-order valence-corrected chi connectivity index (χ1v) is 5.38. The van der Waals surface area contributed by atoms with Crippen LogP contribution in [0.1, 0.15) is 37.3 Å². The Morgan fingerprint density at radius 3 is 2.60 bits per heavy atom. The molecule has 0 atom stereocenters. The van der Waals surface area contributed by atoms with Gasteiger partial charge in [0.2, 0.25) is 0 Å². The van der Waals surface area contributed by atoms with Crippen LogP contribution in [0.3, 0.4) is 0 Å². The molecule has 0 spiro atoms. The van der Waals surface area contributed by atoms with E-state index in [2.05, 4.69) is 30.9 Å². The van der Waals surface area contributed by atoms with E-state index in [1.165, 1.54) is 18.4 Å². The van der Waals surface area contributed by atoms with Crippen molar-refractivity contribution in [3.8, 4) is 11.8 Å². The van der Waals surface area contributed by atoms with Gasteiger partial charge in [0.1, 0.15) is 6.29 Å². The van der Waals surface area contributed by atoms with Crippen LogP contribution in [0.15, 0.2) is 24.3 Å². The first kappa shape index (κ1) is 11.5. The van der Waals surface area contributed by atoms with Crippen molar-refractivity contribution in [3.63, 3.8) is 0 Å². The normalized spacial score (nSPS) is 9.13. The van der Waals surface area contributed by atoms with Crippen molar-refractivity contribution in [2.24, 2.45) is 0 Å². The third-order valence-electron chi connectivity index (χ3n) is 2.19. The van der Waals surface area contributed by atoms with Gasteiger partial charge >= 0.3 is 0 Å². The summed E-state index contributed by atoms with van der Waals surface area (Å²) < 4.78 is 0. The molecule has 1 heteroatoms. The van der Waals surface area contributed by atoms with Crippen LogP contribution in [-0.2, 0) is 11.2 Å². The van der Waals surface area contributed by atoms with Crippen molar-refractivity contribution in [3.05, 3.63) is 35.4 Å². The molecule has 0 saturated carbocycles. The Bertz CT molecular complexity index is 351. The molecule has 0 fully saturated rings. The zero-order chi connectivity index (χ0) is 10.9. The van der Waals surface area contributed by atoms with Crippen LogP contribution >= 0.6 is 0 Å². The number of hydrogen-bond donors (Lipinski definition) is 0. The predicted octanol–water partition coefficient (Wildman–Crippen LogP) is 2.97. The average Bonchev–Trinajstić information content (AvgIpc) is 2.28. The second-order valence-corrected chi connectivity index (χ2v) is 3.47. The topological polar surface area (TPSA) is 17.1 Å². The number of unbranched alkanes of at least 4 members (excludes halogenated alkanes) is 1. The van der Waals surface area contributed by atoms with Crippen molar-refractivity contribution < 1.29 is 4.79 Å². The molecule has 0 aliphatic carbocycles. The van der Waals surface area contributed by atoms with Gasteiger partial charge in [-0.1, -0.05) is 37.3 Å². The van der Waals surface area contributed by atoms with Gasteiger partial charge in [0.05, 0.1) is 6.42 Å². The molecular weight excluding hydrogens is 184 g/mol. The second kappa shape index (κ2) is 6.84. The van der Waals surface area contributed by atoms with Crippen molar-refractivity contribution in [1.29, 1.82) is 0 Å². The molecule has 0 aliphatic rings. The lowest BCUT2D eigenvalue weighted by Crippen LogP contribution is -1.84. The van der Waals surface area contributed by atoms with E-state index in [0.717, 1.165) is 18.3 Å². The highest BCUT2D eigenvalue weighted by atomic mass is 16.1. The van der Waals surface area contributed by atoms with Gasteiger partial charge in [-0.2, -0.15) is 0 Å². The van der Waals surface area contributed by atoms with Gasteiger partial charge < -0.3 is 4.79 Å². The number of aryl methyl sites for hydroxylation is 1. The standard InChI is InChI=1S/C14H16O/c1-2-3-6-13-8-10-14(11-9-13)7-4-5-12-15/h8-12H,2-3,5-6H2,1H3. The quantitative estimate of drug-likeness (QED) is 0.539. The van der Waals surface area contributed by atoms with Crippen LogP contribution in [0.5, 0.6) is 0 Å². The minimum atomic E-state index is 0.317. The lowest BCUT2D eigenvalue weighted by Gasteiger charge is -1.98. The molecule has 0 N–H and O–H groups in total. The van der Waals surface area contributed by atoms with Crippen LogP contribution < -0.4 is 0 Å². The Labute approximate surface area is 91.5 Å². The smallest absolute Gasteiger partial charge is 0.131 e. The van der Waals surface area contributed by atoms with E-state index in [0.29, 0.717) is 6.42 Å². The summed E-state index contributed by atoms with van der Waals surface area (Å²) in [5.41, 5.74) is 2.34. The average molecular weight is 200 g/mol. The minimum absolute atomic E-state index is 0.317. The second-order valence-electron chi connectivity index (χ2n) is 3.47. The molecule has 15 heavy (non-hydrogen) atoms. The molecule has 1 aromatic carbocycles. The molecule has 0 bridgehead atoms. The van der Waals surface area contributed by atoms with Crippen LogP contribution in [-0.4, -0.2) is 6.29 Å². The molecule has 0 aromatic heterocycles. The summed E-state index contributed by atoms with van der Waals surface area (Å²) in [7, 11) is 0. The monoisotopic (exact) mass is 200 g/mol. The fourth-order valence-corrected chi connectivity index (χ4v) is 1.33. The van der Waals surface area contributed by atoms with Crippen molar-refractivity contribution >= 4 is 6.29 Å². The summed E-state index contributed by atoms with van der Waals surface area (Å²) in [6, 6.07) is 8.26.